The van der Waals surface area contributed by atoms with Crippen LogP contribution in [0.4, 0.5) is 0 Å². The second kappa shape index (κ2) is 6.37. The molecule has 0 aliphatic heterocycles. The molecule has 2 aromatic rings. The smallest absolute Gasteiger partial charge is 0.131 e. The van der Waals surface area contributed by atoms with Crippen molar-refractivity contribution >= 4 is 11.8 Å². The first-order valence-corrected chi connectivity index (χ1v) is 7.53. The van der Waals surface area contributed by atoms with Crippen LogP contribution in [0.3, 0.4) is 0 Å². The van der Waals surface area contributed by atoms with Crippen molar-refractivity contribution in [2.75, 3.05) is 0 Å². The van der Waals surface area contributed by atoms with E-state index in [1.165, 1.54) is 0 Å². The molecule has 0 aliphatic rings. The van der Waals surface area contributed by atoms with Gasteiger partial charge in [-0.25, -0.2) is 0 Å². The molecule has 0 heterocycles. The maximum atomic E-state index is 10.4. The van der Waals surface area contributed by atoms with Crippen LogP contribution in [-0.2, 0) is 4.74 Å². The molecule has 2 rings (SSSR count). The number of aliphatic hydroxyl groups is 1. The van der Waals surface area contributed by atoms with Crippen molar-refractivity contribution in [2.45, 2.75) is 38.9 Å². The third kappa shape index (κ3) is 3.99. The lowest BCUT2D eigenvalue weighted by molar-refractivity contribution is -0.105. The van der Waals surface area contributed by atoms with Crippen LogP contribution in [0.25, 0.3) is 11.8 Å². The first kappa shape index (κ1) is 16.3. The number of ether oxygens (including phenoxy) is 1. The quantitative estimate of drug-likeness (QED) is 0.637. The lowest BCUT2D eigenvalue weighted by Gasteiger charge is -2.38. The number of hydrogen-bond donors (Lipinski definition) is 1. The number of benzene rings is 2. The Balaban J connectivity index is 2.42. The maximum Gasteiger partial charge on any atom is 0.131 e. The molecule has 116 valence electrons. The molecule has 2 nitrogen and oxygen atoms in total. The molecule has 0 spiro atoms. The van der Waals surface area contributed by atoms with Crippen molar-refractivity contribution in [3.8, 4) is 0 Å². The van der Waals surface area contributed by atoms with E-state index in [0.717, 1.165) is 16.9 Å². The monoisotopic (exact) mass is 296 g/mol. The molecule has 0 aliphatic carbocycles. The van der Waals surface area contributed by atoms with Crippen LogP contribution in [0.1, 0.15) is 38.8 Å². The van der Waals surface area contributed by atoms with Crippen molar-refractivity contribution in [3.63, 3.8) is 0 Å². The van der Waals surface area contributed by atoms with Gasteiger partial charge in [0.1, 0.15) is 11.4 Å². The lowest BCUT2D eigenvalue weighted by Crippen LogP contribution is -2.46. The third-order valence-electron chi connectivity index (χ3n) is 3.99. The van der Waals surface area contributed by atoms with Crippen molar-refractivity contribution in [1.29, 1.82) is 0 Å². The van der Waals surface area contributed by atoms with Gasteiger partial charge in [0.25, 0.3) is 0 Å². The molecule has 0 saturated carbocycles. The van der Waals surface area contributed by atoms with E-state index < -0.39 is 11.2 Å². The van der Waals surface area contributed by atoms with Crippen molar-refractivity contribution in [1.82, 2.24) is 0 Å². The van der Waals surface area contributed by atoms with Crippen molar-refractivity contribution < 1.29 is 9.84 Å². The van der Waals surface area contributed by atoms with Gasteiger partial charge in [-0.15, -0.1) is 0 Å². The van der Waals surface area contributed by atoms with E-state index in [4.69, 9.17) is 4.74 Å². The average molecular weight is 296 g/mol. The summed E-state index contributed by atoms with van der Waals surface area (Å²) in [4.78, 5) is 0. The second-order valence-electron chi connectivity index (χ2n) is 6.46. The fourth-order valence-corrected chi connectivity index (χ4v) is 1.87. The molecule has 0 saturated heterocycles. The van der Waals surface area contributed by atoms with Crippen LogP contribution in [0.5, 0.6) is 0 Å². The molecule has 2 aromatic carbocycles. The van der Waals surface area contributed by atoms with Gasteiger partial charge in [0.05, 0.1) is 5.60 Å². The normalized spacial score (nSPS) is 13.0. The molecule has 0 radical (unpaired) electrons. The minimum Gasteiger partial charge on any atom is -0.484 e. The predicted octanol–water partition coefficient (Wildman–Crippen LogP) is 4.75. The van der Waals surface area contributed by atoms with Gasteiger partial charge in [-0.05, 0) is 39.3 Å². The Morgan fingerprint density at radius 2 is 1.36 bits per heavy atom. The average Bonchev–Trinajstić information content (AvgIpc) is 2.47. The fraction of sp³-hybridized carbons (Fsp3) is 0.300. The second-order valence-corrected chi connectivity index (χ2v) is 6.46. The molecule has 0 amide bonds. The molecule has 0 atom stereocenters. The summed E-state index contributed by atoms with van der Waals surface area (Å²) in [5.74, 6) is 0.749. The Morgan fingerprint density at radius 3 is 1.86 bits per heavy atom. The van der Waals surface area contributed by atoms with Gasteiger partial charge in [-0.2, -0.15) is 0 Å². The van der Waals surface area contributed by atoms with Crippen LogP contribution in [0, 0.1) is 0 Å². The van der Waals surface area contributed by atoms with Gasteiger partial charge in [0.15, 0.2) is 0 Å². The zero-order valence-corrected chi connectivity index (χ0v) is 13.7. The highest BCUT2D eigenvalue weighted by Crippen LogP contribution is 2.32. The molecule has 2 heteroatoms. The molecule has 0 unspecified atom stereocenters. The Bertz CT molecular complexity index is 620. The van der Waals surface area contributed by atoms with Crippen molar-refractivity contribution in [3.05, 3.63) is 71.8 Å². The summed E-state index contributed by atoms with van der Waals surface area (Å²) in [5.41, 5.74) is 0.373. The van der Waals surface area contributed by atoms with Gasteiger partial charge >= 0.3 is 0 Å². The van der Waals surface area contributed by atoms with E-state index in [2.05, 4.69) is 0 Å². The largest absolute Gasteiger partial charge is 0.484 e. The highest BCUT2D eigenvalue weighted by atomic mass is 16.5. The summed E-state index contributed by atoms with van der Waals surface area (Å²) < 4.78 is 6.20. The summed E-state index contributed by atoms with van der Waals surface area (Å²) in [6, 6.07) is 20.0. The lowest BCUT2D eigenvalue weighted by atomic mass is 9.89. The summed E-state index contributed by atoms with van der Waals surface area (Å²) >= 11 is 0. The fourth-order valence-electron chi connectivity index (χ4n) is 1.87. The van der Waals surface area contributed by atoms with E-state index in [1.807, 2.05) is 80.6 Å². The molecule has 0 aromatic heterocycles. The first-order chi connectivity index (χ1) is 10.3. The van der Waals surface area contributed by atoms with E-state index in [0.29, 0.717) is 0 Å². The zero-order valence-electron chi connectivity index (χ0n) is 13.7. The van der Waals surface area contributed by atoms with Crippen molar-refractivity contribution in [2.24, 2.45) is 0 Å². The minimum absolute atomic E-state index is 0.719. The van der Waals surface area contributed by atoms with Crippen LogP contribution in [0.2, 0.25) is 0 Å². The topological polar surface area (TPSA) is 29.5 Å². The SMILES string of the molecule is CC(C)(O)C(C)(C)OC(=Cc1ccccc1)c1ccccc1. The highest BCUT2D eigenvalue weighted by Gasteiger charge is 2.38. The van der Waals surface area contributed by atoms with Crippen LogP contribution < -0.4 is 0 Å². The van der Waals surface area contributed by atoms with E-state index in [9.17, 15) is 5.11 Å². The Labute approximate surface area is 133 Å². The molecular weight excluding hydrogens is 272 g/mol. The van der Waals surface area contributed by atoms with E-state index in [-0.39, 0.29) is 0 Å². The molecule has 0 bridgehead atoms. The van der Waals surface area contributed by atoms with Gasteiger partial charge < -0.3 is 9.84 Å². The number of rotatable bonds is 5. The zero-order chi connectivity index (χ0) is 16.2. The van der Waals surface area contributed by atoms with Gasteiger partial charge in [-0.3, -0.25) is 0 Å². The van der Waals surface area contributed by atoms with Crippen LogP contribution in [0.15, 0.2) is 60.7 Å². The summed E-state index contributed by atoms with van der Waals surface area (Å²) in [7, 11) is 0. The maximum absolute atomic E-state index is 10.4. The Kier molecular flexibility index (Phi) is 4.72. The predicted molar refractivity (Wildman–Crippen MR) is 92.2 cm³/mol. The van der Waals surface area contributed by atoms with Crippen LogP contribution in [-0.4, -0.2) is 16.3 Å². The summed E-state index contributed by atoms with van der Waals surface area (Å²) in [6.45, 7) is 7.32. The standard InChI is InChI=1S/C20H24O2/c1-19(2,21)20(3,4)22-18(17-13-9-6-10-14-17)15-16-11-7-5-8-12-16/h5-15,21H,1-4H3. The van der Waals surface area contributed by atoms with E-state index in [1.54, 1.807) is 13.8 Å². The van der Waals surface area contributed by atoms with E-state index >= 15 is 0 Å². The third-order valence-corrected chi connectivity index (χ3v) is 3.99. The Hall–Kier alpha value is -2.06. The highest BCUT2D eigenvalue weighted by molar-refractivity contribution is 5.77. The van der Waals surface area contributed by atoms with Gasteiger partial charge in [-0.1, -0.05) is 60.7 Å². The summed E-state index contributed by atoms with van der Waals surface area (Å²) in [5, 5.41) is 10.4. The molecule has 0 fully saturated rings. The van der Waals surface area contributed by atoms with Gasteiger partial charge in [0.2, 0.25) is 0 Å². The molecule has 22 heavy (non-hydrogen) atoms. The van der Waals surface area contributed by atoms with Gasteiger partial charge in [0, 0.05) is 5.56 Å². The first-order valence-electron chi connectivity index (χ1n) is 7.53. The summed E-state index contributed by atoms with van der Waals surface area (Å²) in [6.07, 6.45) is 2.00. The minimum atomic E-state index is -0.961. The molecule has 1 N–H and O–H groups in total. The Morgan fingerprint density at radius 1 is 0.864 bits per heavy atom. The van der Waals surface area contributed by atoms with Crippen LogP contribution >= 0.6 is 0 Å². The molecular formula is C20H24O2. The number of hydrogen-bond acceptors (Lipinski definition) is 2.